The molecule has 154 valence electrons. The van der Waals surface area contributed by atoms with Gasteiger partial charge in [0.1, 0.15) is 0 Å². The summed E-state index contributed by atoms with van der Waals surface area (Å²) in [6.07, 6.45) is 9.15. The summed E-state index contributed by atoms with van der Waals surface area (Å²) in [6, 6.07) is 20.2. The first-order valence-electron chi connectivity index (χ1n) is 10.9. The van der Waals surface area contributed by atoms with Crippen molar-refractivity contribution in [2.24, 2.45) is 0 Å². The molecule has 0 radical (unpaired) electrons. The van der Waals surface area contributed by atoms with Gasteiger partial charge < -0.3 is 0 Å². The summed E-state index contributed by atoms with van der Waals surface area (Å²) in [5.74, 6) is -0.691. The Morgan fingerprint density at radius 3 is 1.83 bits per heavy atom. The first-order chi connectivity index (χ1) is 14.6. The minimum Gasteiger partial charge on any atom is -0.203 e. The number of rotatable bonds is 5. The lowest BCUT2D eigenvalue weighted by Crippen LogP contribution is -2.06. The van der Waals surface area contributed by atoms with Gasteiger partial charge in [0.25, 0.3) is 0 Å². The number of halogens is 2. The fourth-order valence-corrected chi connectivity index (χ4v) is 4.37. The molecule has 30 heavy (non-hydrogen) atoms. The maximum absolute atomic E-state index is 14.3. The first-order valence-corrected chi connectivity index (χ1v) is 10.9. The lowest BCUT2D eigenvalue weighted by Gasteiger charge is -2.24. The Labute approximate surface area is 178 Å². The van der Waals surface area contributed by atoms with E-state index in [-0.39, 0.29) is 0 Å². The number of aryl methyl sites for hydroxylation is 2. The topological polar surface area (TPSA) is 0 Å². The van der Waals surface area contributed by atoms with Crippen LogP contribution >= 0.6 is 0 Å². The molecule has 3 aromatic carbocycles. The Hall–Kier alpha value is -2.74. The first kappa shape index (κ1) is 20.5. The second-order valence-electron chi connectivity index (χ2n) is 8.35. The normalized spacial score (nSPS) is 18.5. The molecule has 0 fully saturated rings. The molecule has 0 saturated heterocycles. The highest BCUT2D eigenvalue weighted by Gasteiger charge is 2.19. The second-order valence-corrected chi connectivity index (χ2v) is 8.35. The highest BCUT2D eigenvalue weighted by Crippen LogP contribution is 2.36. The van der Waals surface area contributed by atoms with E-state index in [0.717, 1.165) is 19.3 Å². The molecular formula is C28H28F2. The van der Waals surface area contributed by atoms with Crippen LogP contribution in [-0.4, -0.2) is 0 Å². The van der Waals surface area contributed by atoms with Crippen molar-refractivity contribution < 1.29 is 8.78 Å². The van der Waals surface area contributed by atoms with Crippen LogP contribution in [0.25, 0.3) is 11.1 Å². The Bertz CT molecular complexity index is 1030. The highest BCUT2D eigenvalue weighted by molar-refractivity contribution is 5.65. The molecule has 2 atom stereocenters. The predicted molar refractivity (Wildman–Crippen MR) is 121 cm³/mol. The molecule has 0 N–H and O–H groups in total. The lowest BCUT2D eigenvalue weighted by molar-refractivity contribution is 0.505. The maximum Gasteiger partial charge on any atom is 0.166 e. The van der Waals surface area contributed by atoms with Crippen LogP contribution in [0.5, 0.6) is 0 Å². The van der Waals surface area contributed by atoms with Gasteiger partial charge in [0.15, 0.2) is 11.6 Å². The van der Waals surface area contributed by atoms with Crippen molar-refractivity contribution in [2.45, 2.75) is 51.4 Å². The van der Waals surface area contributed by atoms with E-state index in [1.54, 1.807) is 19.1 Å². The Kier molecular flexibility index (Phi) is 6.13. The Balaban J connectivity index is 1.47. The zero-order valence-corrected chi connectivity index (χ0v) is 17.7. The van der Waals surface area contributed by atoms with Crippen LogP contribution in [0, 0.1) is 18.6 Å². The molecule has 1 aliphatic carbocycles. The van der Waals surface area contributed by atoms with E-state index in [4.69, 9.17) is 0 Å². The molecule has 0 aromatic heterocycles. The molecule has 1 aliphatic rings. The van der Waals surface area contributed by atoms with Gasteiger partial charge in [-0.15, -0.1) is 0 Å². The number of hydrogen-bond acceptors (Lipinski definition) is 0. The van der Waals surface area contributed by atoms with Gasteiger partial charge in [-0.05, 0) is 54.0 Å². The van der Waals surface area contributed by atoms with Crippen molar-refractivity contribution >= 4 is 0 Å². The van der Waals surface area contributed by atoms with Crippen molar-refractivity contribution in [3.8, 4) is 11.1 Å². The maximum atomic E-state index is 14.3. The number of allylic oxidation sites excluding steroid dienone is 2. The zero-order valence-electron chi connectivity index (χ0n) is 17.7. The van der Waals surface area contributed by atoms with Gasteiger partial charge in [-0.2, -0.15) is 0 Å². The third kappa shape index (κ3) is 4.23. The van der Waals surface area contributed by atoms with Crippen LogP contribution in [0.2, 0.25) is 0 Å². The summed E-state index contributed by atoms with van der Waals surface area (Å²) >= 11 is 0. The van der Waals surface area contributed by atoms with E-state index < -0.39 is 11.6 Å². The fraction of sp³-hybridized carbons (Fsp3) is 0.286. The predicted octanol–water partition coefficient (Wildman–Crippen LogP) is 8.11. The summed E-state index contributed by atoms with van der Waals surface area (Å²) < 4.78 is 28.2. The molecular weight excluding hydrogens is 374 g/mol. The summed E-state index contributed by atoms with van der Waals surface area (Å²) in [7, 11) is 0. The van der Waals surface area contributed by atoms with E-state index >= 15 is 0 Å². The van der Waals surface area contributed by atoms with Crippen molar-refractivity contribution in [3.63, 3.8) is 0 Å². The van der Waals surface area contributed by atoms with Crippen molar-refractivity contribution in [1.29, 1.82) is 0 Å². The van der Waals surface area contributed by atoms with Gasteiger partial charge in [-0.25, -0.2) is 8.78 Å². The van der Waals surface area contributed by atoms with E-state index in [0.29, 0.717) is 28.5 Å². The summed E-state index contributed by atoms with van der Waals surface area (Å²) in [6.45, 7) is 3.79. The van der Waals surface area contributed by atoms with Gasteiger partial charge in [-0.1, -0.05) is 86.2 Å². The summed E-state index contributed by atoms with van der Waals surface area (Å²) in [5.41, 5.74) is 5.37. The summed E-state index contributed by atoms with van der Waals surface area (Å²) in [4.78, 5) is 0. The monoisotopic (exact) mass is 402 g/mol. The quantitative estimate of drug-likeness (QED) is 0.378. The minimum atomic E-state index is -0.770. The molecule has 0 aliphatic heterocycles. The number of benzene rings is 3. The molecule has 4 rings (SSSR count). The van der Waals surface area contributed by atoms with Crippen LogP contribution in [0.1, 0.15) is 60.3 Å². The van der Waals surface area contributed by atoms with Gasteiger partial charge in [0, 0.05) is 17.4 Å². The third-order valence-electron chi connectivity index (χ3n) is 6.24. The highest BCUT2D eigenvalue weighted by atomic mass is 19.2. The molecule has 0 nitrogen and oxygen atoms in total. The summed E-state index contributed by atoms with van der Waals surface area (Å²) in [5, 5.41) is 0. The van der Waals surface area contributed by atoms with Crippen LogP contribution in [-0.2, 0) is 6.42 Å². The fourth-order valence-electron chi connectivity index (χ4n) is 4.37. The molecule has 0 bridgehead atoms. The van der Waals surface area contributed by atoms with E-state index in [2.05, 4.69) is 43.3 Å². The van der Waals surface area contributed by atoms with Crippen molar-refractivity contribution in [3.05, 3.63) is 107 Å². The van der Waals surface area contributed by atoms with Gasteiger partial charge in [0.05, 0.1) is 0 Å². The molecule has 0 heterocycles. The zero-order chi connectivity index (χ0) is 21.1. The molecule has 0 amide bonds. The van der Waals surface area contributed by atoms with Crippen LogP contribution in [0.4, 0.5) is 8.78 Å². The smallest absolute Gasteiger partial charge is 0.166 e. The van der Waals surface area contributed by atoms with Crippen molar-refractivity contribution in [2.75, 3.05) is 0 Å². The molecule has 0 saturated carbocycles. The number of hydrogen-bond donors (Lipinski definition) is 0. The standard InChI is InChI=1S/C28H28F2/c1-3-4-20-6-8-21(9-7-20)22-10-12-23(13-11-22)24-14-16-25(17-15-24)26-18-5-19(2)27(29)28(26)30/h5-10,12,14-18,22-23H,3-4,11,13H2,1-2H3. The molecule has 2 heteroatoms. The SMILES string of the molecule is CCCc1ccc(C2C=CC(c3ccc(-c4ccc(C)c(F)c4F)cc3)CC2)cc1. The molecule has 3 aromatic rings. The third-order valence-corrected chi connectivity index (χ3v) is 6.24. The van der Waals surface area contributed by atoms with Crippen molar-refractivity contribution in [1.82, 2.24) is 0 Å². The van der Waals surface area contributed by atoms with Gasteiger partial charge in [0.2, 0.25) is 0 Å². The van der Waals surface area contributed by atoms with Crippen LogP contribution < -0.4 is 0 Å². The average molecular weight is 403 g/mol. The van der Waals surface area contributed by atoms with Gasteiger partial charge >= 0.3 is 0 Å². The van der Waals surface area contributed by atoms with E-state index in [1.165, 1.54) is 23.1 Å². The Morgan fingerprint density at radius 2 is 1.30 bits per heavy atom. The second kappa shape index (κ2) is 8.95. The average Bonchev–Trinajstić information content (AvgIpc) is 2.79. The van der Waals surface area contributed by atoms with Crippen LogP contribution in [0.3, 0.4) is 0 Å². The van der Waals surface area contributed by atoms with E-state index in [9.17, 15) is 8.78 Å². The van der Waals surface area contributed by atoms with E-state index in [1.807, 2.05) is 24.3 Å². The largest absolute Gasteiger partial charge is 0.203 e. The minimum absolute atomic E-state index is 0.315. The van der Waals surface area contributed by atoms with Crippen LogP contribution in [0.15, 0.2) is 72.8 Å². The lowest BCUT2D eigenvalue weighted by atomic mass is 9.81. The Morgan fingerprint density at radius 1 is 0.733 bits per heavy atom. The molecule has 2 unspecified atom stereocenters. The van der Waals surface area contributed by atoms with Gasteiger partial charge in [-0.3, -0.25) is 0 Å². The molecule has 0 spiro atoms.